The van der Waals surface area contributed by atoms with Crippen molar-refractivity contribution in [1.29, 1.82) is 0 Å². The van der Waals surface area contributed by atoms with Crippen LogP contribution in [-0.4, -0.2) is 32.4 Å². The van der Waals surface area contributed by atoms with Crippen LogP contribution in [0.5, 0.6) is 0 Å². The first kappa shape index (κ1) is 15.0. The zero-order chi connectivity index (χ0) is 13.8. The Morgan fingerprint density at radius 3 is 2.39 bits per heavy atom. The van der Waals surface area contributed by atoms with Crippen molar-refractivity contribution >= 4 is 10.0 Å². The molecule has 0 bridgehead atoms. The van der Waals surface area contributed by atoms with Crippen LogP contribution in [0.2, 0.25) is 0 Å². The molecule has 0 fully saturated rings. The van der Waals surface area contributed by atoms with E-state index in [4.69, 9.17) is 5.73 Å². The smallest absolute Gasteiger partial charge is 0.243 e. The largest absolute Gasteiger partial charge is 0.329 e. The van der Waals surface area contributed by atoms with Crippen molar-refractivity contribution in [1.82, 2.24) is 4.31 Å². The Morgan fingerprint density at radius 2 is 1.89 bits per heavy atom. The highest BCUT2D eigenvalue weighted by Crippen LogP contribution is 2.18. The maximum absolute atomic E-state index is 13.1. The van der Waals surface area contributed by atoms with E-state index in [0.717, 1.165) is 12.1 Å². The number of nitrogens with two attached hydrogens (primary N) is 1. The van der Waals surface area contributed by atoms with Gasteiger partial charge in [-0.2, -0.15) is 4.31 Å². The Morgan fingerprint density at radius 1 is 1.22 bits per heavy atom. The molecule has 18 heavy (non-hydrogen) atoms. The van der Waals surface area contributed by atoms with Gasteiger partial charge in [-0.15, -0.1) is 0 Å². The van der Waals surface area contributed by atoms with Gasteiger partial charge >= 0.3 is 0 Å². The molecule has 0 unspecified atom stereocenters. The number of sulfonamides is 1. The molecule has 1 rings (SSSR count). The summed E-state index contributed by atoms with van der Waals surface area (Å²) in [5.74, 6) is -2.25. The predicted molar refractivity (Wildman–Crippen MR) is 64.5 cm³/mol. The zero-order valence-corrected chi connectivity index (χ0v) is 10.9. The minimum Gasteiger partial charge on any atom is -0.329 e. The van der Waals surface area contributed by atoms with Crippen LogP contribution in [0.4, 0.5) is 8.78 Å². The van der Waals surface area contributed by atoms with Crippen molar-refractivity contribution in [3.8, 4) is 0 Å². The Bertz CT molecular complexity index is 500. The molecular formula is C11H16F2N2O2S. The molecule has 0 heterocycles. The zero-order valence-electron chi connectivity index (χ0n) is 10.1. The Labute approximate surface area is 105 Å². The van der Waals surface area contributed by atoms with Crippen LogP contribution >= 0.6 is 0 Å². The lowest BCUT2D eigenvalue weighted by Gasteiger charge is -2.20. The maximum atomic E-state index is 13.1. The van der Waals surface area contributed by atoms with E-state index in [9.17, 15) is 17.2 Å². The van der Waals surface area contributed by atoms with E-state index in [1.165, 1.54) is 4.31 Å². The summed E-state index contributed by atoms with van der Waals surface area (Å²) < 4.78 is 51.3. The summed E-state index contributed by atoms with van der Waals surface area (Å²) in [4.78, 5) is -0.261. The average Bonchev–Trinajstić information content (AvgIpc) is 2.32. The summed E-state index contributed by atoms with van der Waals surface area (Å²) in [7, 11) is -3.82. The summed E-state index contributed by atoms with van der Waals surface area (Å²) >= 11 is 0. The maximum Gasteiger partial charge on any atom is 0.243 e. The third kappa shape index (κ3) is 3.24. The van der Waals surface area contributed by atoms with Gasteiger partial charge in [0.25, 0.3) is 0 Å². The van der Waals surface area contributed by atoms with Crippen molar-refractivity contribution < 1.29 is 17.2 Å². The summed E-state index contributed by atoms with van der Waals surface area (Å²) in [5.41, 5.74) is 5.35. The monoisotopic (exact) mass is 278 g/mol. The number of rotatable bonds is 6. The Balaban J connectivity index is 3.13. The van der Waals surface area contributed by atoms with Crippen LogP contribution in [0.1, 0.15) is 13.3 Å². The van der Waals surface area contributed by atoms with Gasteiger partial charge in [0, 0.05) is 19.6 Å². The van der Waals surface area contributed by atoms with E-state index in [-0.39, 0.29) is 18.0 Å². The molecule has 0 aromatic heterocycles. The molecule has 7 heteroatoms. The predicted octanol–water partition coefficient (Wildman–Crippen LogP) is 1.32. The Kier molecular flexibility index (Phi) is 5.18. The van der Waals surface area contributed by atoms with Crippen LogP contribution in [0.25, 0.3) is 0 Å². The first-order valence-electron chi connectivity index (χ1n) is 5.58. The SMILES string of the molecule is CCCN(CCN)S(=O)(=O)c1ccc(F)c(F)c1. The molecule has 0 aliphatic rings. The van der Waals surface area contributed by atoms with Crippen LogP contribution in [0, 0.1) is 11.6 Å². The highest BCUT2D eigenvalue weighted by Gasteiger charge is 2.24. The lowest BCUT2D eigenvalue weighted by Crippen LogP contribution is -2.36. The molecule has 0 aliphatic heterocycles. The summed E-state index contributed by atoms with van der Waals surface area (Å²) in [6.45, 7) is 2.43. The molecule has 4 nitrogen and oxygen atoms in total. The molecule has 2 N–H and O–H groups in total. The summed E-state index contributed by atoms with van der Waals surface area (Å²) in [6.07, 6.45) is 0.614. The molecule has 102 valence electrons. The standard InChI is InChI=1S/C11H16F2N2O2S/c1-2-6-15(7-5-14)18(16,17)9-3-4-10(12)11(13)8-9/h3-4,8H,2,5-7,14H2,1H3. The number of benzene rings is 1. The molecular weight excluding hydrogens is 262 g/mol. The lowest BCUT2D eigenvalue weighted by molar-refractivity contribution is 0.417. The topological polar surface area (TPSA) is 63.4 Å². The van der Waals surface area contributed by atoms with Crippen molar-refractivity contribution in [3.63, 3.8) is 0 Å². The highest BCUT2D eigenvalue weighted by molar-refractivity contribution is 7.89. The van der Waals surface area contributed by atoms with Crippen LogP contribution in [0.3, 0.4) is 0 Å². The van der Waals surface area contributed by atoms with Gasteiger partial charge in [0.05, 0.1) is 4.90 Å². The van der Waals surface area contributed by atoms with E-state index in [2.05, 4.69) is 0 Å². The number of nitrogens with zero attached hydrogens (tertiary/aromatic N) is 1. The minimum absolute atomic E-state index is 0.148. The number of halogens is 2. The summed E-state index contributed by atoms with van der Waals surface area (Å²) in [6, 6.07) is 2.53. The normalized spacial score (nSPS) is 12.1. The minimum atomic E-state index is -3.82. The van der Waals surface area contributed by atoms with Gasteiger partial charge < -0.3 is 5.73 Å². The van der Waals surface area contributed by atoms with Crippen LogP contribution in [-0.2, 0) is 10.0 Å². The second-order valence-corrected chi connectivity index (χ2v) is 5.71. The van der Waals surface area contributed by atoms with Crippen molar-refractivity contribution in [2.45, 2.75) is 18.2 Å². The van der Waals surface area contributed by atoms with Gasteiger partial charge in [0.2, 0.25) is 10.0 Å². The van der Waals surface area contributed by atoms with Gasteiger partial charge in [0.1, 0.15) is 0 Å². The second kappa shape index (κ2) is 6.21. The molecule has 1 aromatic carbocycles. The Hall–Kier alpha value is -1.05. The molecule has 0 radical (unpaired) electrons. The van der Waals surface area contributed by atoms with Gasteiger partial charge in [-0.25, -0.2) is 17.2 Å². The molecule has 1 aromatic rings. The first-order valence-corrected chi connectivity index (χ1v) is 7.02. The van der Waals surface area contributed by atoms with Gasteiger partial charge in [0.15, 0.2) is 11.6 Å². The van der Waals surface area contributed by atoms with E-state index in [0.29, 0.717) is 19.0 Å². The molecule has 0 amide bonds. The second-order valence-electron chi connectivity index (χ2n) is 3.77. The number of hydrogen-bond donors (Lipinski definition) is 1. The summed E-state index contributed by atoms with van der Waals surface area (Å²) in [5, 5.41) is 0. The van der Waals surface area contributed by atoms with Crippen molar-refractivity contribution in [3.05, 3.63) is 29.8 Å². The van der Waals surface area contributed by atoms with Crippen LogP contribution in [0.15, 0.2) is 23.1 Å². The van der Waals surface area contributed by atoms with Gasteiger partial charge in [-0.05, 0) is 24.6 Å². The fraction of sp³-hybridized carbons (Fsp3) is 0.455. The highest BCUT2D eigenvalue weighted by atomic mass is 32.2. The van der Waals surface area contributed by atoms with E-state index < -0.39 is 21.7 Å². The number of hydrogen-bond acceptors (Lipinski definition) is 3. The average molecular weight is 278 g/mol. The van der Waals surface area contributed by atoms with E-state index in [1.54, 1.807) is 0 Å². The quantitative estimate of drug-likeness (QED) is 0.853. The first-order chi connectivity index (χ1) is 8.43. The van der Waals surface area contributed by atoms with E-state index >= 15 is 0 Å². The third-order valence-corrected chi connectivity index (χ3v) is 4.27. The molecule has 0 saturated heterocycles. The van der Waals surface area contributed by atoms with Crippen molar-refractivity contribution in [2.24, 2.45) is 5.73 Å². The molecule has 0 saturated carbocycles. The fourth-order valence-electron chi connectivity index (χ4n) is 1.53. The molecule has 0 spiro atoms. The lowest BCUT2D eigenvalue weighted by atomic mass is 10.3. The fourth-order valence-corrected chi connectivity index (χ4v) is 3.09. The van der Waals surface area contributed by atoms with Gasteiger partial charge in [-0.1, -0.05) is 6.92 Å². The third-order valence-electron chi connectivity index (χ3n) is 2.38. The molecule has 0 aliphatic carbocycles. The van der Waals surface area contributed by atoms with E-state index in [1.807, 2.05) is 6.92 Å². The van der Waals surface area contributed by atoms with Crippen LogP contribution < -0.4 is 5.73 Å². The van der Waals surface area contributed by atoms with Gasteiger partial charge in [-0.3, -0.25) is 0 Å². The van der Waals surface area contributed by atoms with Crippen molar-refractivity contribution in [2.75, 3.05) is 19.6 Å². The molecule has 0 atom stereocenters.